The lowest BCUT2D eigenvalue weighted by atomic mass is 9.97. The molecule has 0 saturated carbocycles. The number of hydrogen-bond donors (Lipinski definition) is 0. The maximum absolute atomic E-state index is 13.2. The van der Waals surface area contributed by atoms with Crippen molar-refractivity contribution in [1.29, 1.82) is 0 Å². The van der Waals surface area contributed by atoms with E-state index in [1.807, 2.05) is 4.90 Å². The third kappa shape index (κ3) is 6.52. The molecule has 1 unspecified atom stereocenters. The van der Waals surface area contributed by atoms with Crippen LogP contribution in [-0.4, -0.2) is 35.6 Å². The molecule has 4 nitrogen and oxygen atoms in total. The standard InChI is InChI=1S/C24H36N2O2/c1-5-7-9-22(6-2)24(27)26(16-17-28-4)19-23-10-8-15-25(23)18-21-13-11-20(3)12-14-21/h8,10-15,22H,5-7,9,16-19H2,1-4H3. The molecule has 1 heterocycles. The Balaban J connectivity index is 2.12. The molecule has 28 heavy (non-hydrogen) atoms. The van der Waals surface area contributed by atoms with Crippen LogP contribution in [0.2, 0.25) is 0 Å². The fourth-order valence-corrected chi connectivity index (χ4v) is 3.51. The first-order valence-corrected chi connectivity index (χ1v) is 10.6. The summed E-state index contributed by atoms with van der Waals surface area (Å²) in [6.07, 6.45) is 6.20. The van der Waals surface area contributed by atoms with E-state index < -0.39 is 0 Å². The molecule has 2 aromatic rings. The Labute approximate surface area is 170 Å². The second-order valence-electron chi connectivity index (χ2n) is 7.61. The molecule has 0 aliphatic heterocycles. The number of benzene rings is 1. The van der Waals surface area contributed by atoms with Gasteiger partial charge in [0.1, 0.15) is 0 Å². The van der Waals surface area contributed by atoms with Gasteiger partial charge in [0.25, 0.3) is 0 Å². The first kappa shape index (κ1) is 22.2. The summed E-state index contributed by atoms with van der Waals surface area (Å²) in [5, 5.41) is 0. The Morgan fingerprint density at radius 2 is 1.93 bits per heavy atom. The predicted octanol–water partition coefficient (Wildman–Crippen LogP) is 5.04. The number of nitrogens with zero attached hydrogens (tertiary/aromatic N) is 2. The van der Waals surface area contributed by atoms with Crippen molar-refractivity contribution >= 4 is 5.91 Å². The summed E-state index contributed by atoms with van der Waals surface area (Å²) in [4.78, 5) is 15.2. The normalized spacial score (nSPS) is 12.1. The second-order valence-corrected chi connectivity index (χ2v) is 7.61. The number of methoxy groups -OCH3 is 1. The van der Waals surface area contributed by atoms with Gasteiger partial charge in [0.15, 0.2) is 0 Å². The zero-order valence-corrected chi connectivity index (χ0v) is 18.0. The fraction of sp³-hybridized carbons (Fsp3) is 0.542. The van der Waals surface area contributed by atoms with Gasteiger partial charge in [0, 0.05) is 38.0 Å². The quantitative estimate of drug-likeness (QED) is 0.514. The van der Waals surface area contributed by atoms with E-state index in [1.54, 1.807) is 7.11 Å². The van der Waals surface area contributed by atoms with E-state index >= 15 is 0 Å². The third-order valence-corrected chi connectivity index (χ3v) is 5.38. The molecule has 0 aliphatic rings. The van der Waals surface area contributed by atoms with Gasteiger partial charge in [0.2, 0.25) is 5.91 Å². The van der Waals surface area contributed by atoms with Crippen LogP contribution < -0.4 is 0 Å². The minimum atomic E-state index is 0.109. The monoisotopic (exact) mass is 384 g/mol. The summed E-state index contributed by atoms with van der Waals surface area (Å²) in [5.74, 6) is 0.369. The van der Waals surface area contributed by atoms with Crippen LogP contribution in [0.3, 0.4) is 0 Å². The minimum absolute atomic E-state index is 0.109. The van der Waals surface area contributed by atoms with Crippen molar-refractivity contribution in [1.82, 2.24) is 9.47 Å². The van der Waals surface area contributed by atoms with Crippen LogP contribution in [0.25, 0.3) is 0 Å². The lowest BCUT2D eigenvalue weighted by Gasteiger charge is -2.27. The number of hydrogen-bond acceptors (Lipinski definition) is 2. The average Bonchev–Trinajstić information content (AvgIpc) is 3.13. The van der Waals surface area contributed by atoms with Gasteiger partial charge in [0.05, 0.1) is 13.2 Å². The molecule has 4 heteroatoms. The number of aryl methyl sites for hydroxylation is 1. The number of aromatic nitrogens is 1. The molecule has 0 radical (unpaired) electrons. The van der Waals surface area contributed by atoms with Crippen molar-refractivity contribution < 1.29 is 9.53 Å². The van der Waals surface area contributed by atoms with E-state index in [0.29, 0.717) is 19.7 Å². The number of rotatable bonds is 12. The average molecular weight is 385 g/mol. The molecule has 0 aliphatic carbocycles. The molecule has 0 fully saturated rings. The topological polar surface area (TPSA) is 34.5 Å². The van der Waals surface area contributed by atoms with Gasteiger partial charge in [-0.2, -0.15) is 0 Å². The van der Waals surface area contributed by atoms with Crippen LogP contribution >= 0.6 is 0 Å². The smallest absolute Gasteiger partial charge is 0.226 e. The summed E-state index contributed by atoms with van der Waals surface area (Å²) in [7, 11) is 1.69. The first-order chi connectivity index (χ1) is 13.6. The molecule has 1 atom stereocenters. The maximum Gasteiger partial charge on any atom is 0.226 e. The molecule has 2 rings (SSSR count). The highest BCUT2D eigenvalue weighted by Gasteiger charge is 2.23. The van der Waals surface area contributed by atoms with Crippen molar-refractivity contribution in [3.05, 3.63) is 59.4 Å². The molecule has 1 aromatic carbocycles. The Morgan fingerprint density at radius 1 is 1.18 bits per heavy atom. The van der Waals surface area contributed by atoms with Gasteiger partial charge in [-0.25, -0.2) is 0 Å². The van der Waals surface area contributed by atoms with E-state index in [4.69, 9.17) is 4.74 Å². The molecule has 1 amide bonds. The molecule has 0 spiro atoms. The van der Waals surface area contributed by atoms with Crippen molar-refractivity contribution in [2.24, 2.45) is 5.92 Å². The highest BCUT2D eigenvalue weighted by atomic mass is 16.5. The molecular formula is C24H36N2O2. The van der Waals surface area contributed by atoms with Gasteiger partial charge >= 0.3 is 0 Å². The Kier molecular flexibility index (Phi) is 9.29. The lowest BCUT2D eigenvalue weighted by Crippen LogP contribution is -2.38. The number of unbranched alkanes of at least 4 members (excludes halogenated alkanes) is 1. The molecule has 0 bridgehead atoms. The molecule has 154 valence electrons. The molecule has 0 saturated heterocycles. The van der Waals surface area contributed by atoms with Gasteiger partial charge < -0.3 is 14.2 Å². The Bertz CT molecular complexity index is 706. The summed E-state index contributed by atoms with van der Waals surface area (Å²) in [6.45, 7) is 9.05. The van der Waals surface area contributed by atoms with Crippen molar-refractivity contribution in [3.63, 3.8) is 0 Å². The zero-order chi connectivity index (χ0) is 20.4. The van der Waals surface area contributed by atoms with Crippen LogP contribution in [0.5, 0.6) is 0 Å². The maximum atomic E-state index is 13.2. The van der Waals surface area contributed by atoms with Crippen LogP contribution in [0.1, 0.15) is 56.4 Å². The largest absolute Gasteiger partial charge is 0.383 e. The highest BCUT2D eigenvalue weighted by molar-refractivity contribution is 5.78. The fourth-order valence-electron chi connectivity index (χ4n) is 3.51. The number of ether oxygens (including phenoxy) is 1. The number of carbonyl (C=O) groups excluding carboxylic acids is 1. The summed E-state index contributed by atoms with van der Waals surface area (Å²) < 4.78 is 7.51. The summed E-state index contributed by atoms with van der Waals surface area (Å²) in [5.41, 5.74) is 3.70. The number of carbonyl (C=O) groups is 1. The zero-order valence-electron chi connectivity index (χ0n) is 18.0. The summed E-state index contributed by atoms with van der Waals surface area (Å²) in [6, 6.07) is 12.8. The first-order valence-electron chi connectivity index (χ1n) is 10.6. The van der Waals surface area contributed by atoms with Gasteiger partial charge in [-0.15, -0.1) is 0 Å². The van der Waals surface area contributed by atoms with Crippen LogP contribution in [0.4, 0.5) is 0 Å². The van der Waals surface area contributed by atoms with Crippen molar-refractivity contribution in [3.8, 4) is 0 Å². The van der Waals surface area contributed by atoms with Crippen LogP contribution in [0, 0.1) is 12.8 Å². The van der Waals surface area contributed by atoms with Crippen LogP contribution in [0.15, 0.2) is 42.6 Å². The van der Waals surface area contributed by atoms with Gasteiger partial charge in [-0.3, -0.25) is 4.79 Å². The molecule has 0 N–H and O–H groups in total. The van der Waals surface area contributed by atoms with E-state index in [-0.39, 0.29) is 11.8 Å². The SMILES string of the molecule is CCCCC(CC)C(=O)N(CCOC)Cc1cccn1Cc1ccc(C)cc1. The van der Waals surface area contributed by atoms with E-state index in [2.05, 4.69) is 67.9 Å². The lowest BCUT2D eigenvalue weighted by molar-refractivity contribution is -0.137. The highest BCUT2D eigenvalue weighted by Crippen LogP contribution is 2.19. The van der Waals surface area contributed by atoms with E-state index in [9.17, 15) is 4.79 Å². The Hall–Kier alpha value is -2.07. The van der Waals surface area contributed by atoms with Crippen molar-refractivity contribution in [2.75, 3.05) is 20.3 Å². The van der Waals surface area contributed by atoms with Crippen LogP contribution in [-0.2, 0) is 22.6 Å². The van der Waals surface area contributed by atoms with Gasteiger partial charge in [-0.05, 0) is 37.5 Å². The van der Waals surface area contributed by atoms with E-state index in [0.717, 1.165) is 37.9 Å². The van der Waals surface area contributed by atoms with Crippen molar-refractivity contribution in [2.45, 2.75) is 59.5 Å². The third-order valence-electron chi connectivity index (χ3n) is 5.38. The molecule has 1 aromatic heterocycles. The number of amides is 1. The van der Waals surface area contributed by atoms with E-state index in [1.165, 1.54) is 11.1 Å². The summed E-state index contributed by atoms with van der Waals surface area (Å²) >= 11 is 0. The minimum Gasteiger partial charge on any atom is -0.383 e. The second kappa shape index (κ2) is 11.7. The Morgan fingerprint density at radius 3 is 2.57 bits per heavy atom. The molecular weight excluding hydrogens is 348 g/mol. The van der Waals surface area contributed by atoms with Gasteiger partial charge in [-0.1, -0.05) is 56.5 Å². The predicted molar refractivity (Wildman–Crippen MR) is 115 cm³/mol.